The number of aliphatic hydroxyl groups excluding tert-OH is 1. The average molecular weight is 255 g/mol. The lowest BCUT2D eigenvalue weighted by atomic mass is 10.0. The number of methoxy groups -OCH3 is 1. The molecule has 1 rings (SSSR count). The third-order valence-corrected chi connectivity index (χ3v) is 2.24. The van der Waals surface area contributed by atoms with Crippen LogP contribution in [0.15, 0.2) is 12.1 Å². The molecular formula is C10H9NO7. The normalized spacial score (nSPS) is 11.7. The minimum atomic E-state index is -2.02. The fourth-order valence-electron chi connectivity index (χ4n) is 1.38. The van der Waals surface area contributed by atoms with Crippen molar-refractivity contribution in [3.8, 4) is 5.75 Å². The molecule has 1 aromatic rings. The van der Waals surface area contributed by atoms with Crippen molar-refractivity contribution >= 4 is 17.9 Å². The molecule has 1 unspecified atom stereocenters. The number of nitro groups is 1. The Morgan fingerprint density at radius 2 is 2.17 bits per heavy atom. The van der Waals surface area contributed by atoms with Gasteiger partial charge in [0, 0.05) is 17.2 Å². The fraction of sp³-hybridized carbons (Fsp3) is 0.200. The zero-order valence-electron chi connectivity index (χ0n) is 9.19. The van der Waals surface area contributed by atoms with E-state index in [2.05, 4.69) is 0 Å². The first-order valence-corrected chi connectivity index (χ1v) is 4.64. The third-order valence-electron chi connectivity index (χ3n) is 2.24. The molecule has 0 radical (unpaired) electrons. The highest BCUT2D eigenvalue weighted by molar-refractivity contribution is 5.84. The predicted molar refractivity (Wildman–Crippen MR) is 57.6 cm³/mol. The van der Waals surface area contributed by atoms with Gasteiger partial charge in [-0.25, -0.2) is 4.79 Å². The lowest BCUT2D eigenvalue weighted by molar-refractivity contribution is -0.385. The molecule has 18 heavy (non-hydrogen) atoms. The van der Waals surface area contributed by atoms with Crippen LogP contribution in [0, 0.1) is 10.1 Å². The van der Waals surface area contributed by atoms with Crippen molar-refractivity contribution in [2.24, 2.45) is 0 Å². The predicted octanol–water partition coefficient (Wildman–Crippen LogP) is 0.534. The van der Waals surface area contributed by atoms with Crippen LogP contribution in [-0.4, -0.2) is 34.5 Å². The van der Waals surface area contributed by atoms with Gasteiger partial charge in [0.1, 0.15) is 0 Å². The van der Waals surface area contributed by atoms with Crippen molar-refractivity contribution in [3.05, 3.63) is 33.4 Å². The van der Waals surface area contributed by atoms with Crippen LogP contribution in [-0.2, 0) is 4.79 Å². The van der Waals surface area contributed by atoms with Gasteiger partial charge in [0.05, 0.1) is 12.0 Å². The highest BCUT2D eigenvalue weighted by Gasteiger charge is 2.25. The van der Waals surface area contributed by atoms with E-state index < -0.39 is 22.7 Å². The van der Waals surface area contributed by atoms with E-state index in [1.165, 1.54) is 7.11 Å². The number of ether oxygens (including phenoxy) is 1. The maximum absolute atomic E-state index is 10.8. The number of aldehydes is 1. The Morgan fingerprint density at radius 3 is 2.56 bits per heavy atom. The van der Waals surface area contributed by atoms with Gasteiger partial charge < -0.3 is 14.9 Å². The number of hydrogen-bond acceptors (Lipinski definition) is 6. The number of hydrogen-bond donors (Lipinski definition) is 2. The molecule has 0 saturated heterocycles. The van der Waals surface area contributed by atoms with Crippen LogP contribution in [0.25, 0.3) is 0 Å². The molecular weight excluding hydrogens is 246 g/mol. The van der Waals surface area contributed by atoms with Crippen molar-refractivity contribution in [1.29, 1.82) is 0 Å². The van der Waals surface area contributed by atoms with Crippen molar-refractivity contribution in [2.75, 3.05) is 7.11 Å². The molecule has 8 heteroatoms. The SMILES string of the molecule is COc1cc(C=O)c(C(O)C(=O)O)cc1[N+](=O)[O-]. The summed E-state index contributed by atoms with van der Waals surface area (Å²) in [4.78, 5) is 31.3. The first-order valence-electron chi connectivity index (χ1n) is 4.64. The van der Waals surface area contributed by atoms with Gasteiger partial charge >= 0.3 is 11.7 Å². The summed E-state index contributed by atoms with van der Waals surface area (Å²) >= 11 is 0. The Balaban J connectivity index is 3.50. The number of carbonyl (C=O) groups excluding carboxylic acids is 1. The smallest absolute Gasteiger partial charge is 0.337 e. The molecule has 1 aromatic carbocycles. The lowest BCUT2D eigenvalue weighted by Crippen LogP contribution is -2.13. The van der Waals surface area contributed by atoms with Gasteiger partial charge in [0.25, 0.3) is 0 Å². The van der Waals surface area contributed by atoms with Gasteiger partial charge in [-0.2, -0.15) is 0 Å². The van der Waals surface area contributed by atoms with Crippen LogP contribution in [0.1, 0.15) is 22.0 Å². The van der Waals surface area contributed by atoms with E-state index in [0.717, 1.165) is 12.1 Å². The Morgan fingerprint density at radius 1 is 1.56 bits per heavy atom. The number of carboxylic acids is 1. The number of rotatable bonds is 5. The number of nitrogens with zero attached hydrogens (tertiary/aromatic N) is 1. The summed E-state index contributed by atoms with van der Waals surface area (Å²) < 4.78 is 4.71. The lowest BCUT2D eigenvalue weighted by Gasteiger charge is -2.10. The second-order valence-corrected chi connectivity index (χ2v) is 3.27. The number of aliphatic hydroxyl groups is 1. The fourth-order valence-corrected chi connectivity index (χ4v) is 1.38. The highest BCUT2D eigenvalue weighted by atomic mass is 16.6. The first-order chi connectivity index (χ1) is 8.42. The van der Waals surface area contributed by atoms with Gasteiger partial charge in [0.2, 0.25) is 0 Å². The number of carbonyl (C=O) groups is 2. The van der Waals surface area contributed by atoms with Gasteiger partial charge in [-0.1, -0.05) is 0 Å². The van der Waals surface area contributed by atoms with Crippen molar-refractivity contribution in [3.63, 3.8) is 0 Å². The summed E-state index contributed by atoms with van der Waals surface area (Å²) in [5, 5.41) is 28.7. The quantitative estimate of drug-likeness (QED) is 0.446. The van der Waals surface area contributed by atoms with Crippen LogP contribution in [0.3, 0.4) is 0 Å². The second-order valence-electron chi connectivity index (χ2n) is 3.27. The molecule has 8 nitrogen and oxygen atoms in total. The summed E-state index contributed by atoms with van der Waals surface area (Å²) in [5.41, 5.74) is -1.07. The van der Waals surface area contributed by atoms with E-state index in [-0.39, 0.29) is 23.2 Å². The average Bonchev–Trinajstić information content (AvgIpc) is 2.35. The molecule has 0 saturated carbocycles. The van der Waals surface area contributed by atoms with Crippen LogP contribution in [0.4, 0.5) is 5.69 Å². The zero-order valence-corrected chi connectivity index (χ0v) is 9.19. The minimum Gasteiger partial charge on any atom is -0.490 e. The maximum atomic E-state index is 10.8. The zero-order chi connectivity index (χ0) is 13.9. The number of benzene rings is 1. The van der Waals surface area contributed by atoms with Crippen LogP contribution >= 0.6 is 0 Å². The monoisotopic (exact) mass is 255 g/mol. The number of nitro benzene ring substituents is 1. The molecule has 1 atom stereocenters. The molecule has 0 aliphatic carbocycles. The van der Waals surface area contributed by atoms with Crippen LogP contribution in [0.5, 0.6) is 5.75 Å². The summed E-state index contributed by atoms with van der Waals surface area (Å²) in [6, 6.07) is 1.81. The van der Waals surface area contributed by atoms with Gasteiger partial charge in [-0.15, -0.1) is 0 Å². The number of carboxylic acid groups (broad SMARTS) is 1. The highest BCUT2D eigenvalue weighted by Crippen LogP contribution is 2.32. The Hall–Kier alpha value is -2.48. The minimum absolute atomic E-state index is 0.188. The van der Waals surface area contributed by atoms with E-state index >= 15 is 0 Å². The summed E-state index contributed by atoms with van der Waals surface area (Å²) in [7, 11) is 1.17. The van der Waals surface area contributed by atoms with E-state index in [0.29, 0.717) is 0 Å². The molecule has 0 heterocycles. The summed E-state index contributed by atoms with van der Waals surface area (Å²) in [6.45, 7) is 0. The molecule has 0 bridgehead atoms. The van der Waals surface area contributed by atoms with E-state index in [4.69, 9.17) is 9.84 Å². The number of aliphatic carboxylic acids is 1. The van der Waals surface area contributed by atoms with Crippen LogP contribution in [0.2, 0.25) is 0 Å². The molecule has 0 aliphatic heterocycles. The molecule has 96 valence electrons. The van der Waals surface area contributed by atoms with E-state index in [9.17, 15) is 24.8 Å². The van der Waals surface area contributed by atoms with Gasteiger partial charge in [-0.05, 0) is 6.07 Å². The van der Waals surface area contributed by atoms with Crippen molar-refractivity contribution in [2.45, 2.75) is 6.10 Å². The van der Waals surface area contributed by atoms with Gasteiger partial charge in [0.15, 0.2) is 18.1 Å². The van der Waals surface area contributed by atoms with E-state index in [1.54, 1.807) is 0 Å². The van der Waals surface area contributed by atoms with E-state index in [1.807, 2.05) is 0 Å². The Bertz CT molecular complexity index is 511. The summed E-state index contributed by atoms with van der Waals surface area (Å²) in [5.74, 6) is -1.80. The van der Waals surface area contributed by atoms with Gasteiger partial charge in [-0.3, -0.25) is 14.9 Å². The largest absolute Gasteiger partial charge is 0.490 e. The molecule has 0 aromatic heterocycles. The Kier molecular flexibility index (Phi) is 3.95. The third kappa shape index (κ3) is 2.43. The van der Waals surface area contributed by atoms with Crippen LogP contribution < -0.4 is 4.74 Å². The first kappa shape index (κ1) is 13.6. The second kappa shape index (κ2) is 5.23. The Labute approximate surface area is 101 Å². The molecule has 0 spiro atoms. The maximum Gasteiger partial charge on any atom is 0.337 e. The van der Waals surface area contributed by atoms with Crippen molar-refractivity contribution < 1.29 is 29.5 Å². The molecule has 0 aliphatic rings. The topological polar surface area (TPSA) is 127 Å². The molecule has 2 N–H and O–H groups in total. The molecule has 0 fully saturated rings. The molecule has 0 amide bonds. The summed E-state index contributed by atoms with van der Waals surface area (Å²) in [6.07, 6.45) is -1.73. The standard InChI is InChI=1S/C10H9NO7/c1-18-8-2-5(4-12)6(9(13)10(14)15)3-7(8)11(16)17/h2-4,9,13H,1H3,(H,14,15). The van der Waals surface area contributed by atoms with Crippen molar-refractivity contribution in [1.82, 2.24) is 0 Å².